The molecule has 1 heterocycles. The van der Waals surface area contributed by atoms with E-state index in [9.17, 15) is 0 Å². The van der Waals surface area contributed by atoms with Crippen LogP contribution >= 0.6 is 11.3 Å². The second-order valence-corrected chi connectivity index (χ2v) is 5.27. The van der Waals surface area contributed by atoms with Gasteiger partial charge in [-0.2, -0.15) is 4.57 Å². The summed E-state index contributed by atoms with van der Waals surface area (Å²) in [6.07, 6.45) is 2.10. The summed E-state index contributed by atoms with van der Waals surface area (Å²) in [4.78, 5) is 0. The highest BCUT2D eigenvalue weighted by molar-refractivity contribution is 7.18. The van der Waals surface area contributed by atoms with Crippen molar-refractivity contribution < 1.29 is 14.0 Å². The van der Waals surface area contributed by atoms with Crippen LogP contribution in [0.3, 0.4) is 0 Å². The Kier molecular flexibility index (Phi) is 4.43. The molecule has 1 aromatic carbocycles. The number of aryl methyl sites for hydroxylation is 1. The summed E-state index contributed by atoms with van der Waals surface area (Å²) < 4.78 is 14.4. The molecule has 3 nitrogen and oxygen atoms in total. The van der Waals surface area contributed by atoms with Gasteiger partial charge < -0.3 is 9.47 Å². The van der Waals surface area contributed by atoms with E-state index in [4.69, 9.17) is 9.47 Å². The van der Waals surface area contributed by atoms with E-state index in [1.54, 1.807) is 18.4 Å². The Labute approximate surface area is 118 Å². The van der Waals surface area contributed by atoms with Gasteiger partial charge in [0.25, 0.3) is 5.01 Å². The third kappa shape index (κ3) is 2.89. The molecule has 102 valence electrons. The zero-order chi connectivity index (χ0) is 13.8. The van der Waals surface area contributed by atoms with Gasteiger partial charge in [0, 0.05) is 0 Å². The summed E-state index contributed by atoms with van der Waals surface area (Å²) in [5.74, 6) is 1.84. The van der Waals surface area contributed by atoms with Gasteiger partial charge in [0.15, 0.2) is 0 Å². The molecular weight excluding hydrogens is 258 g/mol. The number of thiazole rings is 1. The van der Waals surface area contributed by atoms with Gasteiger partial charge in [-0.25, -0.2) is 0 Å². The molecule has 0 aliphatic rings. The third-order valence-corrected chi connectivity index (χ3v) is 4.06. The number of ether oxygens (including phenoxy) is 2. The maximum absolute atomic E-state index is 5.52. The van der Waals surface area contributed by atoms with Gasteiger partial charge in [-0.05, 0) is 32.9 Å². The van der Waals surface area contributed by atoms with E-state index in [0.717, 1.165) is 18.1 Å². The maximum atomic E-state index is 5.52. The van der Waals surface area contributed by atoms with Crippen LogP contribution in [-0.2, 0) is 11.3 Å². The fourth-order valence-electron chi connectivity index (χ4n) is 2.08. The van der Waals surface area contributed by atoms with Crippen molar-refractivity contribution in [2.75, 3.05) is 13.7 Å². The first-order valence-electron chi connectivity index (χ1n) is 6.51. The highest BCUT2D eigenvalue weighted by Gasteiger charge is 2.18. The Morgan fingerprint density at radius 3 is 2.79 bits per heavy atom. The summed E-state index contributed by atoms with van der Waals surface area (Å²) in [5, 5.41) is 1.21. The van der Waals surface area contributed by atoms with Crippen molar-refractivity contribution in [2.24, 2.45) is 0 Å². The van der Waals surface area contributed by atoms with E-state index < -0.39 is 0 Å². The van der Waals surface area contributed by atoms with E-state index in [1.807, 2.05) is 19.9 Å². The molecule has 0 saturated carbocycles. The van der Waals surface area contributed by atoms with E-state index in [1.165, 1.54) is 15.2 Å². The second kappa shape index (κ2) is 6.06. The topological polar surface area (TPSA) is 22.3 Å². The van der Waals surface area contributed by atoms with Crippen LogP contribution in [0.4, 0.5) is 0 Å². The number of methoxy groups -OCH3 is 1. The summed E-state index contributed by atoms with van der Waals surface area (Å²) in [5.41, 5.74) is 1.21. The number of allylic oxidation sites excluding steroid dienone is 1. The minimum absolute atomic E-state index is 0.702. The average molecular weight is 278 g/mol. The zero-order valence-corrected chi connectivity index (χ0v) is 12.7. The number of benzene rings is 1. The van der Waals surface area contributed by atoms with Gasteiger partial charge in [0.1, 0.15) is 22.8 Å². The monoisotopic (exact) mass is 278 g/mol. The molecule has 0 atom stereocenters. The van der Waals surface area contributed by atoms with Crippen LogP contribution in [0.25, 0.3) is 16.3 Å². The highest BCUT2D eigenvalue weighted by Crippen LogP contribution is 2.26. The molecule has 0 unspecified atom stereocenters. The van der Waals surface area contributed by atoms with Crippen molar-refractivity contribution in [3.05, 3.63) is 29.0 Å². The summed E-state index contributed by atoms with van der Waals surface area (Å²) >= 11 is 1.77. The minimum Gasteiger partial charge on any atom is -0.498 e. The number of hydrogen-bond donors (Lipinski definition) is 0. The molecule has 0 bridgehead atoms. The van der Waals surface area contributed by atoms with Crippen LogP contribution in [0.2, 0.25) is 0 Å². The lowest BCUT2D eigenvalue weighted by Crippen LogP contribution is -2.33. The molecule has 0 saturated heterocycles. The maximum Gasteiger partial charge on any atom is 0.266 e. The van der Waals surface area contributed by atoms with Gasteiger partial charge >= 0.3 is 0 Å². The molecule has 0 N–H and O–H groups in total. The molecule has 0 aliphatic heterocycles. The average Bonchev–Trinajstić information content (AvgIpc) is 2.74. The molecule has 0 fully saturated rings. The largest absolute Gasteiger partial charge is 0.498 e. The Hall–Kier alpha value is -1.55. The van der Waals surface area contributed by atoms with E-state index in [2.05, 4.69) is 29.7 Å². The Morgan fingerprint density at radius 1 is 1.37 bits per heavy atom. The lowest BCUT2D eigenvalue weighted by atomic mass is 10.3. The first-order chi connectivity index (χ1) is 9.19. The van der Waals surface area contributed by atoms with Gasteiger partial charge in [-0.3, -0.25) is 0 Å². The Bertz CT molecular complexity index is 601. The van der Waals surface area contributed by atoms with Gasteiger partial charge in [-0.15, -0.1) is 0 Å². The Morgan fingerprint density at radius 2 is 2.16 bits per heavy atom. The van der Waals surface area contributed by atoms with Crippen molar-refractivity contribution in [3.8, 4) is 5.75 Å². The van der Waals surface area contributed by atoms with Gasteiger partial charge in [0.05, 0.1) is 25.9 Å². The quantitative estimate of drug-likeness (QED) is 0.616. The molecule has 0 spiro atoms. The van der Waals surface area contributed by atoms with Crippen LogP contribution in [0.1, 0.15) is 25.8 Å². The van der Waals surface area contributed by atoms with Crippen LogP contribution in [-0.4, -0.2) is 13.7 Å². The molecule has 2 aromatic rings. The molecule has 1 aromatic heterocycles. The molecule has 19 heavy (non-hydrogen) atoms. The van der Waals surface area contributed by atoms with Crippen LogP contribution in [0, 0.1) is 0 Å². The highest BCUT2D eigenvalue weighted by atomic mass is 32.1. The number of rotatable bonds is 5. The number of fused-ring (bicyclic) bond motifs is 1. The van der Waals surface area contributed by atoms with Crippen LogP contribution in [0.5, 0.6) is 5.75 Å². The summed E-state index contributed by atoms with van der Waals surface area (Å²) in [6.45, 7) is 7.78. The van der Waals surface area contributed by atoms with Crippen molar-refractivity contribution in [2.45, 2.75) is 27.3 Å². The van der Waals surface area contributed by atoms with Crippen molar-refractivity contribution in [3.63, 3.8) is 0 Å². The summed E-state index contributed by atoms with van der Waals surface area (Å²) in [7, 11) is 1.70. The summed E-state index contributed by atoms with van der Waals surface area (Å²) in [6, 6.07) is 6.20. The molecule has 2 rings (SSSR count). The smallest absolute Gasteiger partial charge is 0.266 e. The normalized spacial score (nSPS) is 11.9. The third-order valence-electron chi connectivity index (χ3n) is 2.95. The Balaban J connectivity index is 2.53. The molecular formula is C15H20NO2S+. The van der Waals surface area contributed by atoms with Crippen molar-refractivity contribution in [1.82, 2.24) is 0 Å². The first-order valence-corrected chi connectivity index (χ1v) is 7.32. The van der Waals surface area contributed by atoms with Crippen molar-refractivity contribution in [1.29, 1.82) is 0 Å². The number of hydrogen-bond acceptors (Lipinski definition) is 3. The lowest BCUT2D eigenvalue weighted by molar-refractivity contribution is -0.665. The minimum atomic E-state index is 0.702. The fourth-order valence-corrected chi connectivity index (χ4v) is 3.28. The zero-order valence-electron chi connectivity index (χ0n) is 11.9. The lowest BCUT2D eigenvalue weighted by Gasteiger charge is -2.00. The van der Waals surface area contributed by atoms with Gasteiger partial charge in [0.2, 0.25) is 5.52 Å². The SMILES string of the molecule is CCO/C(C)=C/c1sc2ccc(OC)cc2[n+]1CC. The fraction of sp³-hybridized carbons (Fsp3) is 0.400. The van der Waals surface area contributed by atoms with E-state index >= 15 is 0 Å². The number of nitrogens with zero attached hydrogens (tertiary/aromatic N) is 1. The second-order valence-electron chi connectivity index (χ2n) is 4.21. The molecule has 0 radical (unpaired) electrons. The van der Waals surface area contributed by atoms with Crippen LogP contribution in [0.15, 0.2) is 24.0 Å². The standard InChI is InChI=1S/C15H20NO2S/c1-5-16-13-10-12(17-4)7-8-14(13)19-15(16)9-11(3)18-6-2/h7-10H,5-6H2,1-4H3/q+1/b11-9+. The van der Waals surface area contributed by atoms with E-state index in [0.29, 0.717) is 6.61 Å². The number of aromatic nitrogens is 1. The molecule has 0 amide bonds. The van der Waals surface area contributed by atoms with Gasteiger partial charge in [-0.1, -0.05) is 11.3 Å². The van der Waals surface area contributed by atoms with Crippen LogP contribution < -0.4 is 9.30 Å². The predicted octanol–water partition coefficient (Wildman–Crippen LogP) is 3.61. The molecule has 4 heteroatoms. The predicted molar refractivity (Wildman–Crippen MR) is 79.5 cm³/mol. The van der Waals surface area contributed by atoms with Crippen molar-refractivity contribution >= 4 is 27.6 Å². The van der Waals surface area contributed by atoms with E-state index in [-0.39, 0.29) is 0 Å². The molecule has 0 aliphatic carbocycles. The first kappa shape index (κ1) is 13.9.